The monoisotopic (exact) mass is 455 g/mol. The fourth-order valence-electron chi connectivity index (χ4n) is 4.42. The van der Waals surface area contributed by atoms with E-state index >= 15 is 0 Å². The highest BCUT2D eigenvalue weighted by Crippen LogP contribution is 2.40. The van der Waals surface area contributed by atoms with Crippen LogP contribution in [0.2, 0.25) is 0 Å². The molecule has 4 heteroatoms. The topological polar surface area (TPSA) is 49.8 Å². The van der Waals surface area contributed by atoms with Crippen molar-refractivity contribution in [2.24, 2.45) is 5.41 Å². The van der Waals surface area contributed by atoms with Gasteiger partial charge in [0.05, 0.1) is 13.5 Å². The third-order valence-corrected chi connectivity index (χ3v) is 5.99. The second kappa shape index (κ2) is 11.9. The van der Waals surface area contributed by atoms with Crippen LogP contribution in [0.3, 0.4) is 0 Å². The number of nitrogens with zero attached hydrogens (tertiary/aromatic N) is 1. The predicted molar refractivity (Wildman–Crippen MR) is 139 cm³/mol. The van der Waals surface area contributed by atoms with Crippen molar-refractivity contribution in [2.75, 3.05) is 18.6 Å². The number of aliphatic carboxylic acids is 1. The van der Waals surface area contributed by atoms with E-state index in [-0.39, 0.29) is 11.8 Å². The van der Waals surface area contributed by atoms with Crippen molar-refractivity contribution in [3.8, 4) is 5.75 Å². The normalized spacial score (nSPS) is 11.6. The molecule has 0 spiro atoms. The summed E-state index contributed by atoms with van der Waals surface area (Å²) < 4.78 is 5.34. The summed E-state index contributed by atoms with van der Waals surface area (Å²) >= 11 is 0. The summed E-state index contributed by atoms with van der Waals surface area (Å²) in [5.41, 5.74) is 4.08. The summed E-state index contributed by atoms with van der Waals surface area (Å²) in [6.07, 6.45) is 5.43. The van der Waals surface area contributed by atoms with E-state index in [2.05, 4.69) is 66.9 Å². The first-order valence-corrected chi connectivity index (χ1v) is 11.5. The Bertz CT molecular complexity index is 1050. The Balaban J connectivity index is 2.11. The van der Waals surface area contributed by atoms with Gasteiger partial charge in [-0.05, 0) is 54.3 Å². The first kappa shape index (κ1) is 24.8. The molecule has 0 saturated heterocycles. The zero-order valence-corrected chi connectivity index (χ0v) is 20.0. The van der Waals surface area contributed by atoms with E-state index in [1.54, 1.807) is 13.2 Å². The molecule has 176 valence electrons. The fraction of sp³-hybridized carbons (Fsp3) is 0.233. The van der Waals surface area contributed by atoms with Gasteiger partial charge in [0, 0.05) is 23.3 Å². The number of anilines is 1. The van der Waals surface area contributed by atoms with Crippen LogP contribution in [0.4, 0.5) is 5.69 Å². The lowest BCUT2D eigenvalue weighted by atomic mass is 9.74. The lowest BCUT2D eigenvalue weighted by Gasteiger charge is -2.40. The Labute approximate surface area is 202 Å². The van der Waals surface area contributed by atoms with Gasteiger partial charge in [0.15, 0.2) is 0 Å². The number of ether oxygens (including phenoxy) is 1. The maximum atomic E-state index is 11.6. The van der Waals surface area contributed by atoms with E-state index in [1.807, 2.05) is 42.5 Å². The van der Waals surface area contributed by atoms with Crippen LogP contribution >= 0.6 is 0 Å². The second-order valence-electron chi connectivity index (χ2n) is 8.67. The van der Waals surface area contributed by atoms with Crippen molar-refractivity contribution in [2.45, 2.75) is 26.2 Å². The number of carbonyl (C=O) groups is 1. The fourth-order valence-corrected chi connectivity index (χ4v) is 4.42. The molecule has 0 unspecified atom stereocenters. The first-order chi connectivity index (χ1) is 16.4. The second-order valence-corrected chi connectivity index (χ2v) is 8.67. The van der Waals surface area contributed by atoms with Gasteiger partial charge in [-0.3, -0.25) is 4.79 Å². The Morgan fingerprint density at radius 3 is 1.91 bits per heavy atom. The summed E-state index contributed by atoms with van der Waals surface area (Å²) in [6, 6.07) is 28.6. The molecule has 0 aliphatic rings. The smallest absolute Gasteiger partial charge is 0.305 e. The summed E-state index contributed by atoms with van der Waals surface area (Å²) in [7, 11) is 1.64. The Morgan fingerprint density at radius 2 is 1.47 bits per heavy atom. The van der Waals surface area contributed by atoms with Crippen LogP contribution in [0.5, 0.6) is 5.75 Å². The van der Waals surface area contributed by atoms with E-state index in [1.165, 1.54) is 11.1 Å². The molecule has 0 aliphatic heterocycles. The zero-order chi connectivity index (χ0) is 24.4. The Morgan fingerprint density at radius 1 is 0.941 bits per heavy atom. The van der Waals surface area contributed by atoms with Crippen molar-refractivity contribution >= 4 is 11.7 Å². The van der Waals surface area contributed by atoms with E-state index in [0.29, 0.717) is 6.54 Å². The van der Waals surface area contributed by atoms with Crippen LogP contribution in [0, 0.1) is 5.41 Å². The van der Waals surface area contributed by atoms with E-state index in [9.17, 15) is 9.90 Å². The number of hydrogen-bond acceptors (Lipinski definition) is 3. The number of carboxylic acid groups (broad SMARTS) is 1. The van der Waals surface area contributed by atoms with Crippen molar-refractivity contribution < 1.29 is 14.6 Å². The highest BCUT2D eigenvalue weighted by atomic mass is 16.5. The summed E-state index contributed by atoms with van der Waals surface area (Å²) in [5, 5.41) is 9.49. The van der Waals surface area contributed by atoms with Gasteiger partial charge in [0.25, 0.3) is 0 Å². The van der Waals surface area contributed by atoms with E-state index in [0.717, 1.165) is 30.0 Å². The maximum absolute atomic E-state index is 11.6. The van der Waals surface area contributed by atoms with Crippen LogP contribution < -0.4 is 9.64 Å². The largest absolute Gasteiger partial charge is 0.497 e. The van der Waals surface area contributed by atoms with Crippen LogP contribution in [0.25, 0.3) is 0 Å². The van der Waals surface area contributed by atoms with Crippen molar-refractivity contribution in [1.29, 1.82) is 0 Å². The average Bonchev–Trinajstić information content (AvgIpc) is 2.85. The minimum Gasteiger partial charge on any atom is -0.497 e. The minimum absolute atomic E-state index is 0.0211. The molecule has 1 N–H and O–H groups in total. The van der Waals surface area contributed by atoms with Crippen molar-refractivity contribution in [1.82, 2.24) is 0 Å². The molecule has 0 bridgehead atoms. The number of benzene rings is 3. The maximum Gasteiger partial charge on any atom is 0.305 e. The molecule has 0 radical (unpaired) electrons. The number of rotatable bonds is 12. The van der Waals surface area contributed by atoms with Gasteiger partial charge >= 0.3 is 5.97 Å². The molecule has 0 amide bonds. The average molecular weight is 456 g/mol. The van der Waals surface area contributed by atoms with E-state index in [4.69, 9.17) is 4.74 Å². The summed E-state index contributed by atoms with van der Waals surface area (Å²) in [5.74, 6) is -0.0724. The van der Waals surface area contributed by atoms with Gasteiger partial charge in [-0.2, -0.15) is 0 Å². The third-order valence-electron chi connectivity index (χ3n) is 5.99. The molecule has 0 aliphatic carbocycles. The minimum atomic E-state index is -0.829. The van der Waals surface area contributed by atoms with Gasteiger partial charge in [-0.25, -0.2) is 0 Å². The lowest BCUT2D eigenvalue weighted by Crippen LogP contribution is -2.38. The molecule has 0 saturated carbocycles. The van der Waals surface area contributed by atoms with Gasteiger partial charge < -0.3 is 14.7 Å². The van der Waals surface area contributed by atoms with Crippen molar-refractivity contribution in [3.63, 3.8) is 0 Å². The lowest BCUT2D eigenvalue weighted by molar-refractivity contribution is -0.136. The molecule has 34 heavy (non-hydrogen) atoms. The molecule has 0 fully saturated rings. The van der Waals surface area contributed by atoms with Gasteiger partial charge in [0.1, 0.15) is 5.75 Å². The first-order valence-electron chi connectivity index (χ1n) is 11.5. The number of carboxylic acids is 1. The van der Waals surface area contributed by atoms with Gasteiger partial charge in [0.2, 0.25) is 0 Å². The third kappa shape index (κ3) is 6.61. The van der Waals surface area contributed by atoms with E-state index < -0.39 is 5.97 Å². The SMILES string of the molecule is C=C/C=C(/N(CCC(=O)O)c1ccc(OC)cc1)C(C)(Cc1ccccc1)Cc1ccccc1. The molecule has 4 nitrogen and oxygen atoms in total. The molecule has 3 rings (SSSR count). The number of hydrogen-bond donors (Lipinski definition) is 1. The van der Waals surface area contributed by atoms with Crippen molar-refractivity contribution in [3.05, 3.63) is 120 Å². The molecule has 3 aromatic rings. The quantitative estimate of drug-likeness (QED) is 0.315. The molecule has 0 heterocycles. The van der Waals surface area contributed by atoms with Crippen LogP contribution in [-0.2, 0) is 17.6 Å². The number of methoxy groups -OCH3 is 1. The molecular weight excluding hydrogens is 422 g/mol. The summed E-state index contributed by atoms with van der Waals surface area (Å²) in [6.45, 7) is 6.58. The standard InChI is InChI=1S/C30H33NO3/c1-4-11-28(31(21-20-29(32)33)26-16-18-27(34-3)19-17-26)30(2,22-24-12-7-5-8-13-24)23-25-14-9-6-10-15-25/h4-19H,1,20-23H2,2-3H3,(H,32,33)/b28-11+. The molecule has 0 aromatic heterocycles. The molecule has 3 aromatic carbocycles. The van der Waals surface area contributed by atoms with Gasteiger partial charge in [-0.15, -0.1) is 0 Å². The highest BCUT2D eigenvalue weighted by molar-refractivity contribution is 5.68. The highest BCUT2D eigenvalue weighted by Gasteiger charge is 2.34. The van der Waals surface area contributed by atoms with Crippen LogP contribution in [0.1, 0.15) is 24.5 Å². The number of allylic oxidation sites excluding steroid dienone is 3. The predicted octanol–water partition coefficient (Wildman–Crippen LogP) is 6.54. The Hall–Kier alpha value is -3.79. The van der Waals surface area contributed by atoms with Gasteiger partial charge in [-0.1, -0.05) is 80.2 Å². The van der Waals surface area contributed by atoms with Crippen LogP contribution in [0.15, 0.2) is 109 Å². The van der Waals surface area contributed by atoms with Crippen LogP contribution in [-0.4, -0.2) is 24.7 Å². The summed E-state index contributed by atoms with van der Waals surface area (Å²) in [4.78, 5) is 13.7. The zero-order valence-electron chi connectivity index (χ0n) is 20.0. The Kier molecular flexibility index (Phi) is 8.69. The molecule has 0 atom stereocenters. The molecular formula is C30H33NO3.